The van der Waals surface area contributed by atoms with Crippen LogP contribution in [0, 0.1) is 11.8 Å². The molecular formula is C16H23NO3. The zero-order valence-electron chi connectivity index (χ0n) is 11.8. The Bertz CT molecular complexity index is 423. The average Bonchev–Trinajstić information content (AvgIpc) is 2.99. The fourth-order valence-corrected chi connectivity index (χ4v) is 4.22. The van der Waals surface area contributed by atoms with Crippen LogP contribution in [0.1, 0.15) is 51.4 Å². The molecule has 0 bridgehead atoms. The average molecular weight is 277 g/mol. The van der Waals surface area contributed by atoms with Gasteiger partial charge in [0.25, 0.3) is 0 Å². The third kappa shape index (κ3) is 2.36. The third-order valence-electron chi connectivity index (χ3n) is 5.27. The summed E-state index contributed by atoms with van der Waals surface area (Å²) < 4.78 is 0. The van der Waals surface area contributed by atoms with E-state index in [2.05, 4.69) is 0 Å². The molecule has 1 saturated heterocycles. The predicted octanol–water partition coefficient (Wildman–Crippen LogP) is 2.59. The Morgan fingerprint density at radius 1 is 1.00 bits per heavy atom. The molecule has 4 nitrogen and oxygen atoms in total. The lowest BCUT2D eigenvalue weighted by Gasteiger charge is -2.48. The predicted molar refractivity (Wildman–Crippen MR) is 75.1 cm³/mol. The van der Waals surface area contributed by atoms with Crippen molar-refractivity contribution >= 4 is 11.9 Å². The normalized spacial score (nSPS) is 34.0. The fraction of sp³-hybridized carbons (Fsp3) is 0.750. The number of amides is 1. The minimum Gasteiger partial charge on any atom is -0.480 e. The molecule has 1 N–H and O–H groups in total. The summed E-state index contributed by atoms with van der Waals surface area (Å²) in [6, 6.07) is -0.422. The number of fused-ring (bicyclic) bond motifs is 1. The Balaban J connectivity index is 1.83. The van der Waals surface area contributed by atoms with Crippen molar-refractivity contribution in [3.63, 3.8) is 0 Å². The first-order valence-electron chi connectivity index (χ1n) is 7.88. The molecule has 2 aliphatic carbocycles. The second kappa shape index (κ2) is 5.58. The van der Waals surface area contributed by atoms with E-state index in [0.29, 0.717) is 12.3 Å². The molecule has 3 unspecified atom stereocenters. The summed E-state index contributed by atoms with van der Waals surface area (Å²) in [5, 5.41) is 9.48. The molecule has 0 spiro atoms. The van der Waals surface area contributed by atoms with Crippen molar-refractivity contribution in [1.82, 2.24) is 4.90 Å². The number of allylic oxidation sites excluding steroid dienone is 2. The van der Waals surface area contributed by atoms with Gasteiger partial charge in [-0.3, -0.25) is 4.79 Å². The fourth-order valence-electron chi connectivity index (χ4n) is 4.22. The molecule has 1 amide bonds. The molecule has 1 saturated carbocycles. The van der Waals surface area contributed by atoms with Crippen molar-refractivity contribution in [2.75, 3.05) is 0 Å². The molecule has 3 aliphatic rings. The highest BCUT2D eigenvalue weighted by atomic mass is 16.4. The quantitative estimate of drug-likeness (QED) is 0.789. The van der Waals surface area contributed by atoms with Crippen molar-refractivity contribution in [3.05, 3.63) is 12.2 Å². The van der Waals surface area contributed by atoms with Crippen LogP contribution in [-0.4, -0.2) is 34.0 Å². The van der Waals surface area contributed by atoms with E-state index in [1.165, 1.54) is 6.42 Å². The molecule has 1 heterocycles. The molecule has 0 aromatic rings. The van der Waals surface area contributed by atoms with E-state index in [9.17, 15) is 14.7 Å². The van der Waals surface area contributed by atoms with Gasteiger partial charge in [0.15, 0.2) is 0 Å². The maximum absolute atomic E-state index is 12.8. The van der Waals surface area contributed by atoms with E-state index < -0.39 is 12.0 Å². The minimum atomic E-state index is -0.826. The van der Waals surface area contributed by atoms with Crippen LogP contribution < -0.4 is 0 Å². The van der Waals surface area contributed by atoms with Crippen LogP contribution in [0.4, 0.5) is 0 Å². The molecule has 0 radical (unpaired) electrons. The lowest BCUT2D eigenvalue weighted by Crippen LogP contribution is -2.58. The van der Waals surface area contributed by atoms with E-state index in [-0.39, 0.29) is 17.9 Å². The number of carboxylic acids is 1. The zero-order valence-corrected chi connectivity index (χ0v) is 11.8. The first-order chi connectivity index (χ1) is 9.68. The highest BCUT2D eigenvalue weighted by Crippen LogP contribution is 2.39. The van der Waals surface area contributed by atoms with Crippen LogP contribution in [0.25, 0.3) is 0 Å². The summed E-state index contributed by atoms with van der Waals surface area (Å²) in [4.78, 5) is 26.1. The summed E-state index contributed by atoms with van der Waals surface area (Å²) >= 11 is 0. The number of carboxylic acid groups (broad SMARTS) is 1. The number of carbonyl (C=O) groups excluding carboxylic acids is 1. The number of nitrogens with zero attached hydrogens (tertiary/aromatic N) is 1. The standard InChI is InChI=1S/C16H23NO3/c18-15(12-6-1-2-7-12)17-13-8-4-3-5-11(13)9-10-14(17)16(19)20/h1-2,11-14H,3-10H2,(H,19,20). The maximum atomic E-state index is 12.8. The molecular weight excluding hydrogens is 254 g/mol. The zero-order chi connectivity index (χ0) is 14.1. The Morgan fingerprint density at radius 2 is 1.70 bits per heavy atom. The first kappa shape index (κ1) is 13.7. The molecule has 4 heteroatoms. The van der Waals surface area contributed by atoms with Gasteiger partial charge in [-0.25, -0.2) is 4.79 Å². The summed E-state index contributed by atoms with van der Waals surface area (Å²) in [5.41, 5.74) is 0. The molecule has 3 atom stereocenters. The van der Waals surface area contributed by atoms with E-state index in [0.717, 1.165) is 38.5 Å². The van der Waals surface area contributed by atoms with Crippen LogP contribution >= 0.6 is 0 Å². The summed E-state index contributed by atoms with van der Waals surface area (Å²) in [7, 11) is 0. The Labute approximate surface area is 119 Å². The molecule has 0 aromatic carbocycles. The minimum absolute atomic E-state index is 0.0162. The lowest BCUT2D eigenvalue weighted by molar-refractivity contribution is -0.160. The monoisotopic (exact) mass is 277 g/mol. The van der Waals surface area contributed by atoms with Crippen molar-refractivity contribution in [3.8, 4) is 0 Å². The van der Waals surface area contributed by atoms with E-state index in [1.807, 2.05) is 12.2 Å². The van der Waals surface area contributed by atoms with Gasteiger partial charge < -0.3 is 10.0 Å². The number of aliphatic carboxylic acids is 1. The molecule has 3 rings (SSSR count). The van der Waals surface area contributed by atoms with Crippen molar-refractivity contribution in [2.24, 2.45) is 11.8 Å². The second-order valence-electron chi connectivity index (χ2n) is 6.43. The number of piperidine rings is 1. The smallest absolute Gasteiger partial charge is 0.326 e. The molecule has 0 aromatic heterocycles. The SMILES string of the molecule is O=C(O)C1CCC2CCCCC2N1C(=O)C1CC=CC1. The second-order valence-corrected chi connectivity index (χ2v) is 6.43. The number of hydrogen-bond donors (Lipinski definition) is 1. The van der Waals surface area contributed by atoms with Crippen LogP contribution in [0.3, 0.4) is 0 Å². The van der Waals surface area contributed by atoms with Crippen LogP contribution in [0.5, 0.6) is 0 Å². The lowest BCUT2D eigenvalue weighted by atomic mass is 9.75. The van der Waals surface area contributed by atoms with E-state index >= 15 is 0 Å². The van der Waals surface area contributed by atoms with Crippen LogP contribution in [-0.2, 0) is 9.59 Å². The van der Waals surface area contributed by atoms with Gasteiger partial charge in [0, 0.05) is 12.0 Å². The Hall–Kier alpha value is -1.32. The summed E-state index contributed by atoms with van der Waals surface area (Å²) in [6.07, 6.45) is 11.7. The van der Waals surface area contributed by atoms with E-state index in [4.69, 9.17) is 0 Å². The first-order valence-corrected chi connectivity index (χ1v) is 7.88. The van der Waals surface area contributed by atoms with Crippen molar-refractivity contribution < 1.29 is 14.7 Å². The highest BCUT2D eigenvalue weighted by molar-refractivity contribution is 5.86. The van der Waals surface area contributed by atoms with Gasteiger partial charge in [0.2, 0.25) is 5.91 Å². The summed E-state index contributed by atoms with van der Waals surface area (Å²) in [5.74, 6) is -0.234. The summed E-state index contributed by atoms with van der Waals surface area (Å²) in [6.45, 7) is 0. The number of likely N-dealkylation sites (tertiary alicyclic amines) is 1. The maximum Gasteiger partial charge on any atom is 0.326 e. The van der Waals surface area contributed by atoms with Crippen LogP contribution in [0.2, 0.25) is 0 Å². The van der Waals surface area contributed by atoms with Gasteiger partial charge in [-0.05, 0) is 44.4 Å². The molecule has 1 aliphatic heterocycles. The number of rotatable bonds is 2. The molecule has 20 heavy (non-hydrogen) atoms. The molecule has 2 fully saturated rings. The largest absolute Gasteiger partial charge is 0.480 e. The number of hydrogen-bond acceptors (Lipinski definition) is 2. The van der Waals surface area contributed by atoms with Crippen LogP contribution in [0.15, 0.2) is 12.2 Å². The third-order valence-corrected chi connectivity index (χ3v) is 5.27. The van der Waals surface area contributed by atoms with Crippen molar-refractivity contribution in [2.45, 2.75) is 63.5 Å². The Morgan fingerprint density at radius 3 is 2.40 bits per heavy atom. The highest BCUT2D eigenvalue weighted by Gasteiger charge is 2.45. The van der Waals surface area contributed by atoms with Gasteiger partial charge in [0.05, 0.1) is 0 Å². The van der Waals surface area contributed by atoms with Gasteiger partial charge >= 0.3 is 5.97 Å². The molecule has 110 valence electrons. The van der Waals surface area contributed by atoms with Crippen molar-refractivity contribution in [1.29, 1.82) is 0 Å². The van der Waals surface area contributed by atoms with Gasteiger partial charge in [-0.1, -0.05) is 25.0 Å². The Kier molecular flexibility index (Phi) is 3.81. The topological polar surface area (TPSA) is 57.6 Å². The van der Waals surface area contributed by atoms with Gasteiger partial charge in [0.1, 0.15) is 6.04 Å². The number of carbonyl (C=O) groups is 2. The van der Waals surface area contributed by atoms with Gasteiger partial charge in [-0.2, -0.15) is 0 Å². The van der Waals surface area contributed by atoms with Gasteiger partial charge in [-0.15, -0.1) is 0 Å². The van der Waals surface area contributed by atoms with E-state index in [1.54, 1.807) is 4.90 Å².